The standard InChI is InChI=1S/C24H32N2O3/c1-4-6-16-25-24(28)21(5-2)26(17-20-13-8-7-9-14-20)23(27)18-29-22-15-11-10-12-19(22)3/h7-15,21H,4-6,16-18H2,1-3H3,(H,25,28). The second kappa shape index (κ2) is 11.9. The van der Waals surface area contributed by atoms with Crippen LogP contribution < -0.4 is 10.1 Å². The van der Waals surface area contributed by atoms with Gasteiger partial charge in [0.25, 0.3) is 5.91 Å². The zero-order chi connectivity index (χ0) is 21.1. The van der Waals surface area contributed by atoms with Gasteiger partial charge in [0.2, 0.25) is 5.91 Å². The van der Waals surface area contributed by atoms with Crippen molar-refractivity contribution in [3.8, 4) is 5.75 Å². The molecule has 0 aliphatic heterocycles. The number of ether oxygens (including phenoxy) is 1. The van der Waals surface area contributed by atoms with Crippen molar-refractivity contribution in [3.63, 3.8) is 0 Å². The van der Waals surface area contributed by atoms with Gasteiger partial charge < -0.3 is 15.0 Å². The zero-order valence-electron chi connectivity index (χ0n) is 17.7. The van der Waals surface area contributed by atoms with Gasteiger partial charge in [-0.2, -0.15) is 0 Å². The molecule has 5 heteroatoms. The molecule has 0 saturated heterocycles. The predicted molar refractivity (Wildman–Crippen MR) is 116 cm³/mol. The number of para-hydroxylation sites is 1. The number of hydrogen-bond donors (Lipinski definition) is 1. The number of amides is 2. The van der Waals surface area contributed by atoms with Gasteiger partial charge in [-0.3, -0.25) is 9.59 Å². The van der Waals surface area contributed by atoms with Gasteiger partial charge >= 0.3 is 0 Å². The number of unbranched alkanes of at least 4 members (excludes halogenated alkanes) is 1. The number of carbonyl (C=O) groups excluding carboxylic acids is 2. The predicted octanol–water partition coefficient (Wildman–Crippen LogP) is 4.10. The van der Waals surface area contributed by atoms with Crippen molar-refractivity contribution in [3.05, 3.63) is 65.7 Å². The number of nitrogens with one attached hydrogen (secondary N) is 1. The fourth-order valence-electron chi connectivity index (χ4n) is 3.15. The Kier molecular flexibility index (Phi) is 9.22. The van der Waals surface area contributed by atoms with Crippen LogP contribution in [-0.2, 0) is 16.1 Å². The summed E-state index contributed by atoms with van der Waals surface area (Å²) in [5.74, 6) is 0.372. The lowest BCUT2D eigenvalue weighted by Gasteiger charge is -2.30. The van der Waals surface area contributed by atoms with E-state index in [4.69, 9.17) is 4.74 Å². The minimum Gasteiger partial charge on any atom is -0.484 e. The van der Waals surface area contributed by atoms with Crippen LogP contribution in [0.5, 0.6) is 5.75 Å². The Morgan fingerprint density at radius 1 is 1.03 bits per heavy atom. The first-order chi connectivity index (χ1) is 14.1. The van der Waals surface area contributed by atoms with Crippen LogP contribution in [-0.4, -0.2) is 35.9 Å². The second-order valence-electron chi connectivity index (χ2n) is 7.13. The third-order valence-corrected chi connectivity index (χ3v) is 4.86. The molecule has 1 unspecified atom stereocenters. The fourth-order valence-corrected chi connectivity index (χ4v) is 3.15. The summed E-state index contributed by atoms with van der Waals surface area (Å²) in [6.07, 6.45) is 2.47. The van der Waals surface area contributed by atoms with Gasteiger partial charge in [-0.05, 0) is 37.0 Å². The summed E-state index contributed by atoms with van der Waals surface area (Å²) in [6.45, 7) is 6.85. The summed E-state index contributed by atoms with van der Waals surface area (Å²) in [4.78, 5) is 27.5. The monoisotopic (exact) mass is 396 g/mol. The largest absolute Gasteiger partial charge is 0.484 e. The van der Waals surface area contributed by atoms with Crippen LogP contribution in [0, 0.1) is 6.92 Å². The Balaban J connectivity index is 2.15. The third-order valence-electron chi connectivity index (χ3n) is 4.86. The maximum absolute atomic E-state index is 13.1. The van der Waals surface area contributed by atoms with Gasteiger partial charge in [0.15, 0.2) is 6.61 Å². The number of aryl methyl sites for hydroxylation is 1. The highest BCUT2D eigenvalue weighted by Crippen LogP contribution is 2.17. The highest BCUT2D eigenvalue weighted by Gasteiger charge is 2.28. The molecular weight excluding hydrogens is 364 g/mol. The van der Waals surface area contributed by atoms with Gasteiger partial charge in [-0.25, -0.2) is 0 Å². The van der Waals surface area contributed by atoms with Crippen molar-refractivity contribution in [1.29, 1.82) is 0 Å². The molecule has 5 nitrogen and oxygen atoms in total. The van der Waals surface area contributed by atoms with Gasteiger partial charge in [-0.15, -0.1) is 0 Å². The van der Waals surface area contributed by atoms with E-state index in [0.29, 0.717) is 25.3 Å². The molecule has 0 radical (unpaired) electrons. The van der Waals surface area contributed by atoms with Crippen LogP contribution in [0.3, 0.4) is 0 Å². The van der Waals surface area contributed by atoms with Crippen LogP contribution in [0.15, 0.2) is 54.6 Å². The SMILES string of the molecule is CCCCNC(=O)C(CC)N(Cc1ccccc1)C(=O)COc1ccccc1C. The molecule has 2 amide bonds. The van der Waals surface area contributed by atoms with Crippen LogP contribution in [0.4, 0.5) is 0 Å². The first kappa shape index (κ1) is 22.5. The summed E-state index contributed by atoms with van der Waals surface area (Å²) in [6, 6.07) is 16.8. The van der Waals surface area contributed by atoms with Crippen LogP contribution in [0.25, 0.3) is 0 Å². The average Bonchev–Trinajstić information content (AvgIpc) is 2.73. The lowest BCUT2D eigenvalue weighted by atomic mass is 10.1. The molecule has 2 aromatic rings. The van der Waals surface area contributed by atoms with Crippen molar-refractivity contribution in [2.24, 2.45) is 0 Å². The van der Waals surface area contributed by atoms with Gasteiger partial charge in [0.1, 0.15) is 11.8 Å². The number of hydrogen-bond acceptors (Lipinski definition) is 3. The first-order valence-electron chi connectivity index (χ1n) is 10.4. The van der Waals surface area contributed by atoms with E-state index in [9.17, 15) is 9.59 Å². The summed E-state index contributed by atoms with van der Waals surface area (Å²) >= 11 is 0. The van der Waals surface area contributed by atoms with E-state index in [0.717, 1.165) is 24.0 Å². The van der Waals surface area contributed by atoms with E-state index in [-0.39, 0.29) is 18.4 Å². The molecule has 1 atom stereocenters. The van der Waals surface area contributed by atoms with E-state index in [2.05, 4.69) is 12.2 Å². The molecule has 0 bridgehead atoms. The summed E-state index contributed by atoms with van der Waals surface area (Å²) in [5.41, 5.74) is 1.95. The van der Waals surface area contributed by atoms with E-state index >= 15 is 0 Å². The third kappa shape index (κ3) is 6.93. The topological polar surface area (TPSA) is 58.6 Å². The lowest BCUT2D eigenvalue weighted by Crippen LogP contribution is -2.50. The first-order valence-corrected chi connectivity index (χ1v) is 10.4. The molecule has 0 spiro atoms. The van der Waals surface area contributed by atoms with E-state index < -0.39 is 6.04 Å². The van der Waals surface area contributed by atoms with E-state index in [1.165, 1.54) is 0 Å². The number of rotatable bonds is 11. The Morgan fingerprint density at radius 2 is 1.72 bits per heavy atom. The fraction of sp³-hybridized carbons (Fsp3) is 0.417. The zero-order valence-corrected chi connectivity index (χ0v) is 17.7. The van der Waals surface area contributed by atoms with Crippen LogP contribution in [0.1, 0.15) is 44.2 Å². The van der Waals surface area contributed by atoms with Gasteiger partial charge in [-0.1, -0.05) is 68.8 Å². The van der Waals surface area contributed by atoms with Crippen molar-refractivity contribution < 1.29 is 14.3 Å². The Bertz CT molecular complexity index is 777. The summed E-state index contributed by atoms with van der Waals surface area (Å²) < 4.78 is 5.77. The highest BCUT2D eigenvalue weighted by atomic mass is 16.5. The number of carbonyl (C=O) groups is 2. The Hall–Kier alpha value is -2.82. The van der Waals surface area contributed by atoms with Gasteiger partial charge in [0.05, 0.1) is 0 Å². The molecular formula is C24H32N2O3. The Morgan fingerprint density at radius 3 is 2.38 bits per heavy atom. The maximum atomic E-state index is 13.1. The molecule has 156 valence electrons. The van der Waals surface area contributed by atoms with Crippen molar-refractivity contribution in [2.75, 3.05) is 13.2 Å². The number of nitrogens with zero attached hydrogens (tertiary/aromatic N) is 1. The van der Waals surface area contributed by atoms with Crippen molar-refractivity contribution in [1.82, 2.24) is 10.2 Å². The van der Waals surface area contributed by atoms with Crippen LogP contribution in [0.2, 0.25) is 0 Å². The molecule has 2 rings (SSSR count). The smallest absolute Gasteiger partial charge is 0.261 e. The average molecular weight is 397 g/mol. The van der Waals surface area contributed by atoms with E-state index in [1.54, 1.807) is 4.90 Å². The van der Waals surface area contributed by atoms with Crippen molar-refractivity contribution >= 4 is 11.8 Å². The van der Waals surface area contributed by atoms with E-state index in [1.807, 2.05) is 68.4 Å². The molecule has 29 heavy (non-hydrogen) atoms. The summed E-state index contributed by atoms with van der Waals surface area (Å²) in [5, 5.41) is 2.96. The molecule has 0 aromatic heterocycles. The minimum absolute atomic E-state index is 0.101. The molecule has 0 fully saturated rings. The molecule has 2 aromatic carbocycles. The second-order valence-corrected chi connectivity index (χ2v) is 7.13. The Labute approximate surface area is 174 Å². The highest BCUT2D eigenvalue weighted by molar-refractivity contribution is 5.88. The van der Waals surface area contributed by atoms with Gasteiger partial charge in [0, 0.05) is 13.1 Å². The quantitative estimate of drug-likeness (QED) is 0.582. The molecule has 0 saturated carbocycles. The molecule has 0 aliphatic carbocycles. The summed E-state index contributed by atoms with van der Waals surface area (Å²) in [7, 11) is 0. The molecule has 1 N–H and O–H groups in total. The molecule has 0 heterocycles. The maximum Gasteiger partial charge on any atom is 0.261 e. The van der Waals surface area contributed by atoms with Crippen LogP contribution >= 0.6 is 0 Å². The molecule has 0 aliphatic rings. The normalized spacial score (nSPS) is 11.6. The lowest BCUT2D eigenvalue weighted by molar-refractivity contribution is -0.143. The minimum atomic E-state index is -0.528. The van der Waals surface area contributed by atoms with Crippen molar-refractivity contribution in [2.45, 2.75) is 52.6 Å². The number of benzene rings is 2.